The van der Waals surface area contributed by atoms with E-state index in [9.17, 15) is 14.0 Å². The van der Waals surface area contributed by atoms with E-state index >= 15 is 0 Å². The molecule has 0 aliphatic carbocycles. The normalized spacial score (nSPS) is 12.1. The fraction of sp³-hybridized carbons (Fsp3) is 0.250. The molecule has 0 aromatic carbocycles. The van der Waals surface area contributed by atoms with Gasteiger partial charge in [0.05, 0.1) is 12.2 Å². The van der Waals surface area contributed by atoms with E-state index in [0.29, 0.717) is 0 Å². The van der Waals surface area contributed by atoms with Crippen LogP contribution >= 0.6 is 0 Å². The minimum atomic E-state index is -1.04. The SMILES string of the molecule is C#CC(C)n1cc(F)c(=O)[nH]c1=O. The minimum Gasteiger partial charge on any atom is -0.284 e. The zero-order valence-electron chi connectivity index (χ0n) is 6.87. The summed E-state index contributed by atoms with van der Waals surface area (Å²) in [5, 5.41) is 0. The number of terminal acetylenes is 1. The van der Waals surface area contributed by atoms with Crippen molar-refractivity contribution < 1.29 is 4.39 Å². The predicted octanol–water partition coefficient (Wildman–Crippen LogP) is -0.130. The molecule has 1 aromatic heterocycles. The first-order valence-corrected chi connectivity index (χ1v) is 3.53. The molecule has 0 spiro atoms. The molecule has 1 aromatic rings. The van der Waals surface area contributed by atoms with E-state index < -0.39 is 23.1 Å². The Kier molecular flexibility index (Phi) is 2.33. The average molecular weight is 182 g/mol. The Hall–Kier alpha value is -1.83. The largest absolute Gasteiger partial charge is 0.329 e. The van der Waals surface area contributed by atoms with Crippen LogP contribution in [0, 0.1) is 18.2 Å². The van der Waals surface area contributed by atoms with Gasteiger partial charge in [0, 0.05) is 0 Å². The maximum absolute atomic E-state index is 12.7. The molecule has 13 heavy (non-hydrogen) atoms. The van der Waals surface area contributed by atoms with Crippen LogP contribution in [0.1, 0.15) is 13.0 Å². The van der Waals surface area contributed by atoms with Crippen molar-refractivity contribution in [3.8, 4) is 12.3 Å². The van der Waals surface area contributed by atoms with Crippen molar-refractivity contribution in [3.05, 3.63) is 32.9 Å². The van der Waals surface area contributed by atoms with Crippen LogP contribution < -0.4 is 11.2 Å². The van der Waals surface area contributed by atoms with E-state index in [1.807, 2.05) is 0 Å². The molecule has 0 fully saturated rings. The Labute approximate surface area is 73.0 Å². The lowest BCUT2D eigenvalue weighted by atomic mass is 10.3. The summed E-state index contributed by atoms with van der Waals surface area (Å²) in [5.41, 5.74) is -1.75. The van der Waals surface area contributed by atoms with Gasteiger partial charge in [0.25, 0.3) is 5.56 Å². The van der Waals surface area contributed by atoms with Gasteiger partial charge in [0.1, 0.15) is 0 Å². The van der Waals surface area contributed by atoms with Crippen LogP contribution in [-0.4, -0.2) is 9.55 Å². The third-order valence-corrected chi connectivity index (χ3v) is 1.58. The summed E-state index contributed by atoms with van der Waals surface area (Å²) < 4.78 is 13.6. The van der Waals surface area contributed by atoms with Gasteiger partial charge in [-0.15, -0.1) is 6.42 Å². The molecule has 1 atom stereocenters. The van der Waals surface area contributed by atoms with E-state index in [1.54, 1.807) is 11.9 Å². The van der Waals surface area contributed by atoms with Crippen molar-refractivity contribution in [1.82, 2.24) is 9.55 Å². The second-order valence-electron chi connectivity index (χ2n) is 2.49. The van der Waals surface area contributed by atoms with Gasteiger partial charge in [-0.3, -0.25) is 14.3 Å². The highest BCUT2D eigenvalue weighted by atomic mass is 19.1. The smallest absolute Gasteiger partial charge is 0.284 e. The van der Waals surface area contributed by atoms with Crippen molar-refractivity contribution in [2.75, 3.05) is 0 Å². The van der Waals surface area contributed by atoms with E-state index in [0.717, 1.165) is 10.8 Å². The number of nitrogens with one attached hydrogen (secondary N) is 1. The standard InChI is InChI=1S/C8H7FN2O2/c1-3-5(2)11-4-6(9)7(12)10-8(11)13/h1,4-5H,2H3,(H,10,12,13). The third-order valence-electron chi connectivity index (χ3n) is 1.58. The van der Waals surface area contributed by atoms with E-state index in [4.69, 9.17) is 6.42 Å². The zero-order valence-corrected chi connectivity index (χ0v) is 6.87. The molecule has 0 aliphatic rings. The number of hydrogen-bond donors (Lipinski definition) is 1. The molecular formula is C8H7FN2O2. The van der Waals surface area contributed by atoms with Gasteiger partial charge in [-0.2, -0.15) is 4.39 Å². The van der Waals surface area contributed by atoms with Crippen molar-refractivity contribution in [1.29, 1.82) is 0 Å². The molecule has 1 unspecified atom stereocenters. The first-order chi connectivity index (χ1) is 6.06. The molecule has 1 heterocycles. The number of halogens is 1. The Bertz CT molecular complexity index is 466. The van der Waals surface area contributed by atoms with Gasteiger partial charge in [0.15, 0.2) is 0 Å². The Morgan fingerprint density at radius 3 is 2.85 bits per heavy atom. The highest BCUT2D eigenvalue weighted by Gasteiger charge is 2.06. The highest BCUT2D eigenvalue weighted by molar-refractivity contribution is 4.99. The molecule has 0 bridgehead atoms. The predicted molar refractivity (Wildman–Crippen MR) is 44.8 cm³/mol. The molecule has 5 heteroatoms. The molecule has 1 N–H and O–H groups in total. The molecule has 68 valence electrons. The summed E-state index contributed by atoms with van der Waals surface area (Å²) in [6.45, 7) is 1.54. The van der Waals surface area contributed by atoms with Crippen LogP contribution in [-0.2, 0) is 0 Å². The molecule has 0 saturated heterocycles. The lowest BCUT2D eigenvalue weighted by molar-refractivity contribution is 0.542. The van der Waals surface area contributed by atoms with Gasteiger partial charge in [0.2, 0.25) is 5.82 Å². The van der Waals surface area contributed by atoms with Crippen molar-refractivity contribution >= 4 is 0 Å². The Morgan fingerprint density at radius 1 is 1.69 bits per heavy atom. The summed E-state index contributed by atoms with van der Waals surface area (Å²) in [4.78, 5) is 23.4. The quantitative estimate of drug-likeness (QED) is 0.615. The van der Waals surface area contributed by atoms with Gasteiger partial charge in [-0.1, -0.05) is 5.92 Å². The van der Waals surface area contributed by atoms with E-state index in [2.05, 4.69) is 5.92 Å². The second-order valence-corrected chi connectivity index (χ2v) is 2.49. The zero-order chi connectivity index (χ0) is 10.0. The summed E-state index contributed by atoms with van der Waals surface area (Å²) in [6, 6.07) is -0.584. The first kappa shape index (κ1) is 9.26. The average Bonchev–Trinajstić information content (AvgIpc) is 2.10. The van der Waals surface area contributed by atoms with Crippen molar-refractivity contribution in [2.45, 2.75) is 13.0 Å². The Morgan fingerprint density at radius 2 is 2.31 bits per heavy atom. The fourth-order valence-corrected chi connectivity index (χ4v) is 0.829. The number of aromatic amines is 1. The van der Waals surface area contributed by atoms with Gasteiger partial charge < -0.3 is 0 Å². The molecule has 0 saturated carbocycles. The summed E-state index contributed by atoms with van der Waals surface area (Å²) in [6.07, 6.45) is 5.83. The number of nitrogens with zero attached hydrogens (tertiary/aromatic N) is 1. The maximum atomic E-state index is 12.7. The van der Waals surface area contributed by atoms with Crippen LogP contribution in [0.2, 0.25) is 0 Å². The van der Waals surface area contributed by atoms with Crippen LogP contribution in [0.3, 0.4) is 0 Å². The van der Waals surface area contributed by atoms with Gasteiger partial charge >= 0.3 is 5.69 Å². The first-order valence-electron chi connectivity index (χ1n) is 3.53. The lowest BCUT2D eigenvalue weighted by Crippen LogP contribution is -2.32. The fourth-order valence-electron chi connectivity index (χ4n) is 0.829. The van der Waals surface area contributed by atoms with Crippen molar-refractivity contribution in [3.63, 3.8) is 0 Å². The molecule has 4 nitrogen and oxygen atoms in total. The molecule has 0 aliphatic heterocycles. The topological polar surface area (TPSA) is 54.9 Å². The van der Waals surface area contributed by atoms with Crippen LogP contribution in [0.25, 0.3) is 0 Å². The monoisotopic (exact) mass is 182 g/mol. The summed E-state index contributed by atoms with van der Waals surface area (Å²) in [5.74, 6) is 1.22. The van der Waals surface area contributed by atoms with Crippen LogP contribution in [0.4, 0.5) is 4.39 Å². The van der Waals surface area contributed by atoms with Gasteiger partial charge in [-0.25, -0.2) is 4.79 Å². The van der Waals surface area contributed by atoms with Crippen LogP contribution in [0.15, 0.2) is 15.8 Å². The third kappa shape index (κ3) is 1.67. The summed E-state index contributed by atoms with van der Waals surface area (Å²) >= 11 is 0. The van der Waals surface area contributed by atoms with E-state index in [-0.39, 0.29) is 0 Å². The lowest BCUT2D eigenvalue weighted by Gasteiger charge is -2.06. The number of rotatable bonds is 1. The Balaban J connectivity index is 3.43. The van der Waals surface area contributed by atoms with Gasteiger partial charge in [-0.05, 0) is 6.92 Å². The number of H-pyrrole nitrogens is 1. The molecular weight excluding hydrogens is 175 g/mol. The number of aromatic nitrogens is 2. The highest BCUT2D eigenvalue weighted by Crippen LogP contribution is 1.97. The minimum absolute atomic E-state index is 0.584. The summed E-state index contributed by atoms with van der Waals surface area (Å²) in [7, 11) is 0. The number of hydrogen-bond acceptors (Lipinski definition) is 2. The molecule has 0 amide bonds. The van der Waals surface area contributed by atoms with Crippen molar-refractivity contribution in [2.24, 2.45) is 0 Å². The maximum Gasteiger partial charge on any atom is 0.329 e. The molecule has 0 radical (unpaired) electrons. The molecule has 1 rings (SSSR count). The van der Waals surface area contributed by atoms with Crippen LogP contribution in [0.5, 0.6) is 0 Å². The second kappa shape index (κ2) is 3.27. The van der Waals surface area contributed by atoms with E-state index in [1.165, 1.54) is 0 Å².